The highest BCUT2D eigenvalue weighted by atomic mass is 32.2. The zero-order valence-corrected chi connectivity index (χ0v) is 20.7. The molecule has 198 valence electrons. The molecule has 0 aliphatic rings. The van der Waals surface area contributed by atoms with Gasteiger partial charge < -0.3 is 19.1 Å². The van der Waals surface area contributed by atoms with E-state index in [9.17, 15) is 34.0 Å². The summed E-state index contributed by atoms with van der Waals surface area (Å²) in [5.74, 6) is -1.43. The summed E-state index contributed by atoms with van der Waals surface area (Å²) in [6.45, 7) is -0.212. The molecule has 0 N–H and O–H groups in total. The van der Waals surface area contributed by atoms with Crippen molar-refractivity contribution in [3.63, 3.8) is 0 Å². The standard InChI is InChI=1S/C23H24N2O11S/c1-16(26)34-15-21(17-8-10-20(11-9-17)37(2)32)22(18-6-4-3-5-7-18)23(27)33-13-12-19(36-25(30)31)14-35-24(28)29/h3-11,19H,12-15H2,1-2H3/b22-21+. The third-order valence-electron chi connectivity index (χ3n) is 4.80. The molecular formula is C23H24N2O11S. The van der Waals surface area contributed by atoms with Crippen LogP contribution in [-0.4, -0.2) is 58.5 Å². The summed E-state index contributed by atoms with van der Waals surface area (Å²) < 4.78 is 22.3. The zero-order chi connectivity index (χ0) is 27.4. The summed E-state index contributed by atoms with van der Waals surface area (Å²) in [5.41, 5.74) is 1.29. The molecule has 0 bridgehead atoms. The number of nitrogens with zero attached hydrogens (tertiary/aromatic N) is 2. The second-order valence-electron chi connectivity index (χ2n) is 7.37. The highest BCUT2D eigenvalue weighted by Gasteiger charge is 2.23. The van der Waals surface area contributed by atoms with Gasteiger partial charge in [-0.3, -0.25) is 9.00 Å². The van der Waals surface area contributed by atoms with Gasteiger partial charge in [-0.25, -0.2) is 4.79 Å². The number of rotatable bonds is 14. The summed E-state index contributed by atoms with van der Waals surface area (Å²) in [4.78, 5) is 54.9. The van der Waals surface area contributed by atoms with Crippen LogP contribution in [0.25, 0.3) is 11.1 Å². The van der Waals surface area contributed by atoms with Gasteiger partial charge >= 0.3 is 11.9 Å². The number of ether oxygens (including phenoxy) is 2. The monoisotopic (exact) mass is 536 g/mol. The Balaban J connectivity index is 2.40. The second-order valence-corrected chi connectivity index (χ2v) is 8.75. The van der Waals surface area contributed by atoms with E-state index in [4.69, 9.17) is 9.47 Å². The van der Waals surface area contributed by atoms with Crippen LogP contribution in [0.3, 0.4) is 0 Å². The van der Waals surface area contributed by atoms with E-state index >= 15 is 0 Å². The maximum Gasteiger partial charge on any atom is 0.339 e. The third-order valence-corrected chi connectivity index (χ3v) is 5.73. The van der Waals surface area contributed by atoms with Crippen molar-refractivity contribution < 1.29 is 43.1 Å². The van der Waals surface area contributed by atoms with Crippen LogP contribution < -0.4 is 0 Å². The van der Waals surface area contributed by atoms with Crippen molar-refractivity contribution in [1.29, 1.82) is 0 Å². The molecule has 2 unspecified atom stereocenters. The van der Waals surface area contributed by atoms with E-state index in [1.807, 2.05) is 0 Å². The van der Waals surface area contributed by atoms with Gasteiger partial charge in [0.05, 0.1) is 12.2 Å². The van der Waals surface area contributed by atoms with Crippen molar-refractivity contribution >= 4 is 33.9 Å². The Bertz CT molecular complexity index is 1170. The quantitative estimate of drug-likeness (QED) is 0.114. The Hall–Kier alpha value is -4.33. The molecule has 0 amide bonds. The molecule has 37 heavy (non-hydrogen) atoms. The van der Waals surface area contributed by atoms with Gasteiger partial charge in [0.25, 0.3) is 10.2 Å². The number of hydrogen-bond acceptors (Lipinski definition) is 11. The smallest absolute Gasteiger partial charge is 0.339 e. The van der Waals surface area contributed by atoms with Crippen LogP contribution in [0.15, 0.2) is 59.5 Å². The van der Waals surface area contributed by atoms with Crippen LogP contribution in [0.2, 0.25) is 0 Å². The van der Waals surface area contributed by atoms with Gasteiger partial charge in [0, 0.05) is 40.9 Å². The average Bonchev–Trinajstić information content (AvgIpc) is 2.85. The van der Waals surface area contributed by atoms with Crippen LogP contribution in [0.1, 0.15) is 24.5 Å². The van der Waals surface area contributed by atoms with Crippen LogP contribution >= 0.6 is 0 Å². The lowest BCUT2D eigenvalue weighted by atomic mass is 9.95. The van der Waals surface area contributed by atoms with E-state index in [0.29, 0.717) is 21.6 Å². The Labute approximate surface area is 213 Å². The number of esters is 2. The van der Waals surface area contributed by atoms with Gasteiger partial charge in [0.2, 0.25) is 0 Å². The summed E-state index contributed by atoms with van der Waals surface area (Å²) >= 11 is 0. The molecule has 2 aromatic rings. The minimum atomic E-state index is -1.36. The van der Waals surface area contributed by atoms with E-state index in [-0.39, 0.29) is 18.6 Å². The summed E-state index contributed by atoms with van der Waals surface area (Å²) in [7, 11) is -1.24. The van der Waals surface area contributed by atoms with Gasteiger partial charge in [-0.2, -0.15) is 0 Å². The molecule has 0 aliphatic heterocycles. The fourth-order valence-corrected chi connectivity index (χ4v) is 3.65. The predicted octanol–water partition coefficient (Wildman–Crippen LogP) is 2.62. The average molecular weight is 537 g/mol. The maximum atomic E-state index is 13.3. The second kappa shape index (κ2) is 14.3. The zero-order valence-electron chi connectivity index (χ0n) is 19.9. The van der Waals surface area contributed by atoms with Crippen molar-refractivity contribution in [1.82, 2.24) is 0 Å². The maximum absolute atomic E-state index is 13.3. The van der Waals surface area contributed by atoms with Crippen molar-refractivity contribution in [3.05, 3.63) is 86.0 Å². The first-order chi connectivity index (χ1) is 17.6. The van der Waals surface area contributed by atoms with Gasteiger partial charge in [0.1, 0.15) is 19.3 Å². The van der Waals surface area contributed by atoms with E-state index in [0.717, 1.165) is 0 Å². The summed E-state index contributed by atoms with van der Waals surface area (Å²) in [6.07, 6.45) is -0.122. The highest BCUT2D eigenvalue weighted by Crippen LogP contribution is 2.29. The number of carbonyl (C=O) groups is 2. The predicted molar refractivity (Wildman–Crippen MR) is 129 cm³/mol. The fraction of sp³-hybridized carbons (Fsp3) is 0.304. The molecule has 2 atom stereocenters. The van der Waals surface area contributed by atoms with Crippen molar-refractivity contribution in [2.24, 2.45) is 0 Å². The summed E-state index contributed by atoms with van der Waals surface area (Å²) in [5, 5.41) is 18.8. The molecule has 0 spiro atoms. The molecule has 14 heteroatoms. The number of hydrogen-bond donors (Lipinski definition) is 0. The molecule has 0 fully saturated rings. The third kappa shape index (κ3) is 9.68. The first kappa shape index (κ1) is 28.9. The van der Waals surface area contributed by atoms with Crippen LogP contribution in [0.5, 0.6) is 0 Å². The fourth-order valence-electron chi connectivity index (χ4n) is 3.13. The largest absolute Gasteiger partial charge is 0.462 e. The van der Waals surface area contributed by atoms with E-state index in [1.165, 1.54) is 13.2 Å². The molecule has 0 radical (unpaired) electrons. The molecule has 0 aromatic heterocycles. The lowest BCUT2D eigenvalue weighted by Gasteiger charge is -2.17. The lowest BCUT2D eigenvalue weighted by Crippen LogP contribution is -2.26. The Kier molecular flexibility index (Phi) is 11.2. The van der Waals surface area contributed by atoms with Crippen LogP contribution in [-0.2, 0) is 39.5 Å². The van der Waals surface area contributed by atoms with Gasteiger partial charge in [-0.1, -0.05) is 42.5 Å². The molecule has 0 saturated carbocycles. The molecular weight excluding hydrogens is 512 g/mol. The van der Waals surface area contributed by atoms with Crippen molar-refractivity contribution in [2.45, 2.75) is 24.3 Å². The van der Waals surface area contributed by atoms with Crippen molar-refractivity contribution in [3.8, 4) is 0 Å². The highest BCUT2D eigenvalue weighted by molar-refractivity contribution is 7.84. The Morgan fingerprint density at radius 1 is 0.946 bits per heavy atom. The molecule has 0 saturated heterocycles. The minimum Gasteiger partial charge on any atom is -0.462 e. The molecule has 0 heterocycles. The van der Waals surface area contributed by atoms with Gasteiger partial charge in [-0.05, 0) is 23.3 Å². The Morgan fingerprint density at radius 3 is 2.14 bits per heavy atom. The SMILES string of the molecule is CC(=O)OC/C(=C(\C(=O)OCCC(CO[N+](=O)[O-])O[N+](=O)[O-])c1ccccc1)c1ccc(S(C)=O)cc1. The van der Waals surface area contributed by atoms with Crippen LogP contribution in [0, 0.1) is 20.2 Å². The first-order valence-electron chi connectivity index (χ1n) is 10.7. The lowest BCUT2D eigenvalue weighted by molar-refractivity contribution is -0.790. The van der Waals surface area contributed by atoms with Crippen LogP contribution in [0.4, 0.5) is 0 Å². The topological polar surface area (TPSA) is 174 Å². The number of carbonyl (C=O) groups excluding carboxylic acids is 2. The Morgan fingerprint density at radius 2 is 1.59 bits per heavy atom. The number of benzene rings is 2. The van der Waals surface area contributed by atoms with Gasteiger partial charge in [-0.15, -0.1) is 20.2 Å². The molecule has 2 rings (SSSR count). The summed E-state index contributed by atoms with van der Waals surface area (Å²) in [6, 6.07) is 14.9. The normalized spacial score (nSPS) is 12.9. The minimum absolute atomic E-state index is 0.0560. The molecule has 2 aromatic carbocycles. The van der Waals surface area contributed by atoms with E-state index < -0.39 is 52.2 Å². The first-order valence-corrected chi connectivity index (χ1v) is 12.3. The van der Waals surface area contributed by atoms with E-state index in [2.05, 4.69) is 9.68 Å². The van der Waals surface area contributed by atoms with Crippen molar-refractivity contribution in [2.75, 3.05) is 26.1 Å². The molecule has 0 aliphatic carbocycles. The van der Waals surface area contributed by atoms with E-state index in [1.54, 1.807) is 54.6 Å². The van der Waals surface area contributed by atoms with Gasteiger partial charge in [0.15, 0.2) is 0 Å². The molecule has 13 nitrogen and oxygen atoms in total.